The quantitative estimate of drug-likeness (QED) is 0.838. The van der Waals surface area contributed by atoms with Gasteiger partial charge >= 0.3 is 0 Å². The van der Waals surface area contributed by atoms with Gasteiger partial charge in [-0.1, -0.05) is 22.0 Å². The second-order valence-corrected chi connectivity index (χ2v) is 4.16. The molecule has 0 aromatic heterocycles. The molecule has 0 saturated heterocycles. The number of aliphatic hydroxyl groups is 1. The monoisotopic (exact) mass is 288 g/mol. The number of aliphatic hydroxyl groups excluding tert-OH is 1. The van der Waals surface area contributed by atoms with Crippen molar-refractivity contribution in [2.45, 2.75) is 12.7 Å². The third-order valence-electron chi connectivity index (χ3n) is 2.19. The van der Waals surface area contributed by atoms with Crippen molar-refractivity contribution in [2.24, 2.45) is 0 Å². The van der Waals surface area contributed by atoms with Gasteiger partial charge in [0.2, 0.25) is 6.79 Å². The summed E-state index contributed by atoms with van der Waals surface area (Å²) in [5, 5.41) is 9.80. The lowest BCUT2D eigenvalue weighted by molar-refractivity contribution is 0.0403. The van der Waals surface area contributed by atoms with E-state index in [2.05, 4.69) is 15.9 Å². The van der Waals surface area contributed by atoms with Gasteiger partial charge in [-0.25, -0.2) is 0 Å². The molecule has 88 valence electrons. The highest BCUT2D eigenvalue weighted by molar-refractivity contribution is 9.09. The molecule has 1 atom stereocenters. The molecule has 1 heterocycles. The van der Waals surface area contributed by atoms with Crippen LogP contribution in [0.15, 0.2) is 18.2 Å². The molecule has 0 bridgehead atoms. The van der Waals surface area contributed by atoms with E-state index in [0.29, 0.717) is 18.5 Å². The smallest absolute Gasteiger partial charge is 0.231 e. The van der Waals surface area contributed by atoms with Crippen molar-refractivity contribution in [3.63, 3.8) is 0 Å². The Balaban J connectivity index is 1.86. The molecular weight excluding hydrogens is 276 g/mol. The minimum absolute atomic E-state index is 0.280. The number of halogens is 1. The van der Waals surface area contributed by atoms with Gasteiger partial charge < -0.3 is 19.3 Å². The highest BCUT2D eigenvalue weighted by atomic mass is 79.9. The van der Waals surface area contributed by atoms with Crippen molar-refractivity contribution < 1.29 is 19.3 Å². The maximum atomic E-state index is 9.27. The van der Waals surface area contributed by atoms with Gasteiger partial charge in [0.05, 0.1) is 19.3 Å². The number of ether oxygens (including phenoxy) is 3. The maximum absolute atomic E-state index is 9.27. The summed E-state index contributed by atoms with van der Waals surface area (Å²) in [4.78, 5) is 0. The summed E-state index contributed by atoms with van der Waals surface area (Å²) in [6.07, 6.45) is -0.464. The SMILES string of the molecule is OC(CBr)COCc1ccc2c(c1)OCO2. The topological polar surface area (TPSA) is 47.9 Å². The van der Waals surface area contributed by atoms with Crippen molar-refractivity contribution in [1.82, 2.24) is 0 Å². The minimum Gasteiger partial charge on any atom is -0.454 e. The normalized spacial score (nSPS) is 15.1. The van der Waals surface area contributed by atoms with Gasteiger partial charge in [-0.2, -0.15) is 0 Å². The molecular formula is C11H13BrO4. The molecule has 0 amide bonds. The fourth-order valence-corrected chi connectivity index (χ4v) is 1.58. The van der Waals surface area contributed by atoms with Gasteiger partial charge in [0.15, 0.2) is 11.5 Å². The highest BCUT2D eigenvalue weighted by Crippen LogP contribution is 2.32. The van der Waals surface area contributed by atoms with Crippen molar-refractivity contribution in [3.05, 3.63) is 23.8 Å². The van der Waals surface area contributed by atoms with Crippen LogP contribution in [-0.2, 0) is 11.3 Å². The Morgan fingerprint density at radius 2 is 2.19 bits per heavy atom. The second kappa shape index (κ2) is 5.52. The Morgan fingerprint density at radius 1 is 1.38 bits per heavy atom. The van der Waals surface area contributed by atoms with Crippen molar-refractivity contribution in [2.75, 3.05) is 18.7 Å². The zero-order valence-corrected chi connectivity index (χ0v) is 10.3. The molecule has 1 aromatic carbocycles. The van der Waals surface area contributed by atoms with Crippen LogP contribution in [0.3, 0.4) is 0 Å². The van der Waals surface area contributed by atoms with Gasteiger partial charge in [0, 0.05) is 5.33 Å². The maximum Gasteiger partial charge on any atom is 0.231 e. The summed E-state index contributed by atoms with van der Waals surface area (Å²) in [5.41, 5.74) is 1.01. The van der Waals surface area contributed by atoms with E-state index < -0.39 is 6.10 Å². The Kier molecular flexibility index (Phi) is 4.04. The van der Waals surface area contributed by atoms with Crippen LogP contribution in [0, 0.1) is 0 Å². The summed E-state index contributed by atoms with van der Waals surface area (Å²) in [7, 11) is 0. The van der Waals surface area contributed by atoms with Crippen LogP contribution in [-0.4, -0.2) is 29.9 Å². The van der Waals surface area contributed by atoms with Crippen molar-refractivity contribution in [1.29, 1.82) is 0 Å². The number of hydrogen-bond donors (Lipinski definition) is 1. The molecule has 0 spiro atoms. The van der Waals surface area contributed by atoms with E-state index in [1.807, 2.05) is 18.2 Å². The molecule has 0 saturated carbocycles. The first-order valence-electron chi connectivity index (χ1n) is 5.00. The van der Waals surface area contributed by atoms with E-state index >= 15 is 0 Å². The fraction of sp³-hybridized carbons (Fsp3) is 0.455. The van der Waals surface area contributed by atoms with Crippen LogP contribution in [0.5, 0.6) is 11.5 Å². The molecule has 1 aliphatic heterocycles. The van der Waals surface area contributed by atoms with E-state index in [1.165, 1.54) is 0 Å². The van der Waals surface area contributed by atoms with Crippen LogP contribution >= 0.6 is 15.9 Å². The lowest BCUT2D eigenvalue weighted by Gasteiger charge is -2.08. The Morgan fingerprint density at radius 3 is 3.00 bits per heavy atom. The first-order valence-corrected chi connectivity index (χ1v) is 6.12. The second-order valence-electron chi connectivity index (χ2n) is 3.51. The molecule has 5 heteroatoms. The van der Waals surface area contributed by atoms with Crippen LogP contribution in [0.2, 0.25) is 0 Å². The van der Waals surface area contributed by atoms with E-state index in [0.717, 1.165) is 17.1 Å². The zero-order chi connectivity index (χ0) is 11.4. The summed E-state index contributed by atoms with van der Waals surface area (Å²) < 4.78 is 15.8. The van der Waals surface area contributed by atoms with E-state index in [-0.39, 0.29) is 6.79 Å². The molecule has 1 aromatic rings. The van der Waals surface area contributed by atoms with Crippen LogP contribution in [0.25, 0.3) is 0 Å². The Bertz CT molecular complexity index is 356. The minimum atomic E-state index is -0.464. The van der Waals surface area contributed by atoms with E-state index in [1.54, 1.807) is 0 Å². The average molecular weight is 289 g/mol. The molecule has 4 nitrogen and oxygen atoms in total. The predicted molar refractivity (Wildman–Crippen MR) is 62.0 cm³/mol. The largest absolute Gasteiger partial charge is 0.454 e. The predicted octanol–water partition coefficient (Wildman–Crippen LogP) is 1.69. The molecule has 1 N–H and O–H groups in total. The van der Waals surface area contributed by atoms with Crippen LogP contribution < -0.4 is 9.47 Å². The van der Waals surface area contributed by atoms with E-state index in [9.17, 15) is 5.11 Å². The number of rotatable bonds is 5. The van der Waals surface area contributed by atoms with Gasteiger partial charge in [-0.05, 0) is 17.7 Å². The third-order valence-corrected chi connectivity index (χ3v) is 2.94. The summed E-state index contributed by atoms with van der Waals surface area (Å²) in [6.45, 7) is 1.06. The third kappa shape index (κ3) is 2.87. The number of fused-ring (bicyclic) bond motifs is 1. The fourth-order valence-electron chi connectivity index (χ4n) is 1.39. The van der Waals surface area contributed by atoms with E-state index in [4.69, 9.17) is 14.2 Å². The summed E-state index contributed by atoms with van der Waals surface area (Å²) in [5.74, 6) is 1.52. The molecule has 2 rings (SSSR count). The Labute approximate surface area is 102 Å². The summed E-state index contributed by atoms with van der Waals surface area (Å²) >= 11 is 3.18. The van der Waals surface area contributed by atoms with Gasteiger partial charge in [-0.15, -0.1) is 0 Å². The zero-order valence-electron chi connectivity index (χ0n) is 8.69. The molecule has 0 aliphatic carbocycles. The number of alkyl halides is 1. The molecule has 0 radical (unpaired) electrons. The average Bonchev–Trinajstić information content (AvgIpc) is 2.76. The van der Waals surface area contributed by atoms with Crippen LogP contribution in [0.4, 0.5) is 0 Å². The summed E-state index contributed by atoms with van der Waals surface area (Å²) in [6, 6.07) is 5.68. The lowest BCUT2D eigenvalue weighted by Crippen LogP contribution is -2.16. The Hall–Kier alpha value is -0.780. The highest BCUT2D eigenvalue weighted by Gasteiger charge is 2.13. The first-order chi connectivity index (χ1) is 7.79. The molecule has 0 fully saturated rings. The lowest BCUT2D eigenvalue weighted by atomic mass is 10.2. The van der Waals surface area contributed by atoms with Crippen molar-refractivity contribution in [3.8, 4) is 11.5 Å². The van der Waals surface area contributed by atoms with Gasteiger partial charge in [0.25, 0.3) is 0 Å². The van der Waals surface area contributed by atoms with Gasteiger partial charge in [-0.3, -0.25) is 0 Å². The van der Waals surface area contributed by atoms with Gasteiger partial charge in [0.1, 0.15) is 0 Å². The van der Waals surface area contributed by atoms with Crippen molar-refractivity contribution >= 4 is 15.9 Å². The number of hydrogen-bond acceptors (Lipinski definition) is 4. The molecule has 16 heavy (non-hydrogen) atoms. The molecule has 1 unspecified atom stereocenters. The standard InChI is InChI=1S/C11H13BrO4/c12-4-9(13)6-14-5-8-1-2-10-11(3-8)16-7-15-10/h1-3,9,13H,4-7H2. The first kappa shape index (κ1) is 11.7. The van der Waals surface area contributed by atoms with Crippen LogP contribution in [0.1, 0.15) is 5.56 Å². The number of benzene rings is 1. The molecule has 1 aliphatic rings.